The van der Waals surface area contributed by atoms with Crippen LogP contribution >= 0.6 is 11.8 Å². The molecule has 0 unspecified atom stereocenters. The molecule has 25 heavy (non-hydrogen) atoms. The molecule has 1 fully saturated rings. The number of aromatic nitrogens is 2. The van der Waals surface area contributed by atoms with Crippen LogP contribution in [0.1, 0.15) is 18.4 Å². The molecule has 2 heterocycles. The second kappa shape index (κ2) is 8.29. The number of carbonyl (C=O) groups excluding carboxylic acids is 1. The van der Waals surface area contributed by atoms with Gasteiger partial charge in [0.2, 0.25) is 0 Å². The molecule has 1 saturated heterocycles. The summed E-state index contributed by atoms with van der Waals surface area (Å²) < 4.78 is 7.17. The smallest absolute Gasteiger partial charge is 0.322 e. The molecule has 134 valence electrons. The Morgan fingerprint density at radius 2 is 2.12 bits per heavy atom. The van der Waals surface area contributed by atoms with Crippen LogP contribution in [0.4, 0.5) is 10.6 Å². The molecular weight excluding hydrogens is 336 g/mol. The normalized spacial score (nSPS) is 15.0. The number of nitrogens with zero attached hydrogens (tertiary/aromatic N) is 3. The van der Waals surface area contributed by atoms with Crippen molar-refractivity contribution in [1.82, 2.24) is 14.7 Å². The van der Waals surface area contributed by atoms with Gasteiger partial charge < -0.3 is 9.64 Å². The molecule has 0 saturated carbocycles. The highest BCUT2D eigenvalue weighted by Gasteiger charge is 2.23. The number of carbonyl (C=O) groups is 1. The molecule has 6 nitrogen and oxygen atoms in total. The van der Waals surface area contributed by atoms with Crippen LogP contribution in [-0.2, 0) is 6.54 Å². The number of urea groups is 1. The summed E-state index contributed by atoms with van der Waals surface area (Å²) in [4.78, 5) is 14.4. The van der Waals surface area contributed by atoms with E-state index in [1.54, 1.807) is 18.0 Å². The van der Waals surface area contributed by atoms with Crippen molar-refractivity contribution in [1.29, 1.82) is 0 Å². The highest BCUT2D eigenvalue weighted by molar-refractivity contribution is 7.99. The number of nitrogens with one attached hydrogen (secondary N) is 1. The quantitative estimate of drug-likeness (QED) is 0.889. The molecule has 7 heteroatoms. The Bertz CT molecular complexity index is 713. The van der Waals surface area contributed by atoms with E-state index < -0.39 is 0 Å². The Labute approximate surface area is 152 Å². The van der Waals surface area contributed by atoms with E-state index in [1.165, 1.54) is 0 Å². The number of amides is 2. The lowest BCUT2D eigenvalue weighted by Gasteiger charge is -2.31. The Kier molecular flexibility index (Phi) is 5.86. The third kappa shape index (κ3) is 4.28. The molecule has 1 aliphatic heterocycles. The predicted molar refractivity (Wildman–Crippen MR) is 101 cm³/mol. The number of anilines is 1. The van der Waals surface area contributed by atoms with Crippen LogP contribution in [0.3, 0.4) is 0 Å². The van der Waals surface area contributed by atoms with Gasteiger partial charge in [-0.2, -0.15) is 16.9 Å². The first kappa shape index (κ1) is 17.7. The molecule has 1 N–H and O–H groups in total. The van der Waals surface area contributed by atoms with Gasteiger partial charge in [-0.25, -0.2) is 9.48 Å². The number of benzene rings is 1. The van der Waals surface area contributed by atoms with E-state index in [1.807, 2.05) is 54.0 Å². The van der Waals surface area contributed by atoms with Gasteiger partial charge in [0.1, 0.15) is 11.6 Å². The van der Waals surface area contributed by atoms with Crippen LogP contribution in [0.25, 0.3) is 0 Å². The first-order valence-electron chi connectivity index (χ1n) is 8.44. The van der Waals surface area contributed by atoms with Gasteiger partial charge in [0.25, 0.3) is 0 Å². The minimum Gasteiger partial charge on any atom is -0.496 e. The van der Waals surface area contributed by atoms with Crippen LogP contribution in [0.15, 0.2) is 36.5 Å². The molecule has 0 aliphatic carbocycles. The van der Waals surface area contributed by atoms with Gasteiger partial charge in [-0.15, -0.1) is 0 Å². The fraction of sp³-hybridized carbons (Fsp3) is 0.444. The second-order valence-corrected chi connectivity index (χ2v) is 7.30. The average Bonchev–Trinajstić information content (AvgIpc) is 3.09. The maximum absolute atomic E-state index is 12.6. The first-order valence-corrected chi connectivity index (χ1v) is 9.60. The molecule has 0 bridgehead atoms. The summed E-state index contributed by atoms with van der Waals surface area (Å²) in [7, 11) is 3.53. The minimum atomic E-state index is -0.0846. The molecule has 0 radical (unpaired) electrons. The van der Waals surface area contributed by atoms with Crippen molar-refractivity contribution in [3.05, 3.63) is 42.1 Å². The Morgan fingerprint density at radius 3 is 2.88 bits per heavy atom. The zero-order chi connectivity index (χ0) is 17.6. The van der Waals surface area contributed by atoms with Gasteiger partial charge >= 0.3 is 6.03 Å². The molecule has 1 aromatic carbocycles. The van der Waals surface area contributed by atoms with Crippen LogP contribution in [-0.4, -0.2) is 52.4 Å². The maximum atomic E-state index is 12.6. The van der Waals surface area contributed by atoms with E-state index in [4.69, 9.17) is 4.74 Å². The summed E-state index contributed by atoms with van der Waals surface area (Å²) in [6.45, 7) is 0.538. The number of rotatable bonds is 5. The van der Waals surface area contributed by atoms with Gasteiger partial charge in [0, 0.05) is 24.7 Å². The fourth-order valence-corrected chi connectivity index (χ4v) is 4.08. The fourth-order valence-electron chi connectivity index (χ4n) is 3.00. The van der Waals surface area contributed by atoms with Crippen LogP contribution in [0.5, 0.6) is 5.75 Å². The van der Waals surface area contributed by atoms with Gasteiger partial charge in [0.05, 0.1) is 19.9 Å². The number of para-hydroxylation sites is 1. The lowest BCUT2D eigenvalue weighted by molar-refractivity contribution is 0.200. The van der Waals surface area contributed by atoms with Crippen LogP contribution in [0.2, 0.25) is 0 Å². The number of ether oxygens (including phenoxy) is 1. The van der Waals surface area contributed by atoms with E-state index in [-0.39, 0.29) is 6.03 Å². The van der Waals surface area contributed by atoms with E-state index in [0.29, 0.717) is 18.4 Å². The SMILES string of the molecule is COc1ccccc1Cn1nccc1NC(=O)N(C)C1CCSCC1. The van der Waals surface area contributed by atoms with Crippen LogP contribution in [0, 0.1) is 0 Å². The van der Waals surface area contributed by atoms with Crippen molar-refractivity contribution >= 4 is 23.6 Å². The van der Waals surface area contributed by atoms with Gasteiger partial charge in [-0.3, -0.25) is 5.32 Å². The van der Waals surface area contributed by atoms with E-state index in [0.717, 1.165) is 35.7 Å². The third-order valence-corrected chi connectivity index (χ3v) is 5.57. The van der Waals surface area contributed by atoms with Gasteiger partial charge in [0.15, 0.2) is 0 Å². The summed E-state index contributed by atoms with van der Waals surface area (Å²) in [5.74, 6) is 3.74. The van der Waals surface area contributed by atoms with Crippen molar-refractivity contribution in [3.63, 3.8) is 0 Å². The average molecular weight is 360 g/mol. The minimum absolute atomic E-state index is 0.0846. The number of methoxy groups -OCH3 is 1. The molecule has 1 aliphatic rings. The maximum Gasteiger partial charge on any atom is 0.322 e. The molecule has 3 rings (SSSR count). The topological polar surface area (TPSA) is 59.4 Å². The Balaban J connectivity index is 1.68. The van der Waals surface area contributed by atoms with Crippen molar-refractivity contribution in [3.8, 4) is 5.75 Å². The van der Waals surface area contributed by atoms with Crippen molar-refractivity contribution in [2.24, 2.45) is 0 Å². The molecule has 0 spiro atoms. The van der Waals surface area contributed by atoms with Crippen molar-refractivity contribution < 1.29 is 9.53 Å². The molecule has 0 atom stereocenters. The zero-order valence-electron chi connectivity index (χ0n) is 14.6. The summed E-state index contributed by atoms with van der Waals surface area (Å²) >= 11 is 1.96. The lowest BCUT2D eigenvalue weighted by atomic mass is 10.1. The van der Waals surface area contributed by atoms with Crippen molar-refractivity contribution in [2.75, 3.05) is 31.0 Å². The van der Waals surface area contributed by atoms with Gasteiger partial charge in [-0.05, 0) is 30.4 Å². The van der Waals surface area contributed by atoms with Crippen LogP contribution < -0.4 is 10.1 Å². The van der Waals surface area contributed by atoms with E-state index >= 15 is 0 Å². The molecule has 2 amide bonds. The Hall–Kier alpha value is -2.15. The molecule has 2 aromatic rings. The number of hydrogen-bond acceptors (Lipinski definition) is 4. The standard InChI is InChI=1S/C18H24N4O2S/c1-21(15-8-11-25-12-9-15)18(23)20-17-7-10-19-22(17)13-14-5-3-4-6-16(14)24-2/h3-7,10,15H,8-9,11-13H2,1-2H3,(H,20,23). The molecule has 1 aromatic heterocycles. The number of thioether (sulfide) groups is 1. The van der Waals surface area contributed by atoms with E-state index in [9.17, 15) is 4.79 Å². The molecular formula is C18H24N4O2S. The highest BCUT2D eigenvalue weighted by atomic mass is 32.2. The van der Waals surface area contributed by atoms with Gasteiger partial charge in [-0.1, -0.05) is 18.2 Å². The second-order valence-electron chi connectivity index (χ2n) is 6.07. The third-order valence-electron chi connectivity index (χ3n) is 4.52. The first-order chi connectivity index (χ1) is 12.2. The summed E-state index contributed by atoms with van der Waals surface area (Å²) in [6, 6.07) is 9.87. The zero-order valence-corrected chi connectivity index (χ0v) is 15.5. The monoisotopic (exact) mass is 360 g/mol. The Morgan fingerprint density at radius 1 is 1.36 bits per heavy atom. The largest absolute Gasteiger partial charge is 0.496 e. The van der Waals surface area contributed by atoms with E-state index in [2.05, 4.69) is 10.4 Å². The van der Waals surface area contributed by atoms with Crippen molar-refractivity contribution in [2.45, 2.75) is 25.4 Å². The lowest BCUT2D eigenvalue weighted by Crippen LogP contribution is -2.42. The highest BCUT2D eigenvalue weighted by Crippen LogP contribution is 2.22. The summed E-state index contributed by atoms with van der Waals surface area (Å²) in [6.07, 6.45) is 3.80. The summed E-state index contributed by atoms with van der Waals surface area (Å²) in [5, 5.41) is 7.32. The summed E-state index contributed by atoms with van der Waals surface area (Å²) in [5.41, 5.74) is 1.02. The number of hydrogen-bond donors (Lipinski definition) is 1. The predicted octanol–water partition coefficient (Wildman–Crippen LogP) is 3.30.